The number of hydrogen-bond donors (Lipinski definition) is 1. The van der Waals surface area contributed by atoms with E-state index in [2.05, 4.69) is 10.3 Å². The third-order valence-corrected chi connectivity index (χ3v) is 4.00. The van der Waals surface area contributed by atoms with Crippen LogP contribution in [0.5, 0.6) is 0 Å². The molecule has 0 aliphatic heterocycles. The van der Waals surface area contributed by atoms with Gasteiger partial charge in [-0.2, -0.15) is 13.2 Å². The number of nitrogens with one attached hydrogen (secondary N) is 1. The molecule has 1 heterocycles. The average Bonchev–Trinajstić information content (AvgIpc) is 3.08. The summed E-state index contributed by atoms with van der Waals surface area (Å²) in [4.78, 5) is 16.0. The van der Waals surface area contributed by atoms with Crippen molar-refractivity contribution in [3.63, 3.8) is 0 Å². The highest BCUT2D eigenvalue weighted by Crippen LogP contribution is 2.34. The molecule has 1 amide bonds. The van der Waals surface area contributed by atoms with Gasteiger partial charge in [-0.05, 0) is 36.8 Å². The lowest BCUT2D eigenvalue weighted by Gasteiger charge is -2.11. The minimum atomic E-state index is -4.50. The maximum absolute atomic E-state index is 13.3. The summed E-state index contributed by atoms with van der Waals surface area (Å²) in [5.41, 5.74) is 0.954. The summed E-state index contributed by atoms with van der Waals surface area (Å²) >= 11 is 0. The van der Waals surface area contributed by atoms with Crippen molar-refractivity contribution in [3.05, 3.63) is 66.0 Å². The molecule has 0 spiro atoms. The number of benzene rings is 2. The molecule has 3 aromatic rings. The second-order valence-corrected chi connectivity index (χ2v) is 6.01. The molecule has 0 radical (unpaired) electrons. The zero-order valence-electron chi connectivity index (χ0n) is 14.6. The first kappa shape index (κ1) is 18.7. The molecule has 0 saturated heterocycles. The third kappa shape index (κ3) is 4.19. The highest BCUT2D eigenvalue weighted by Gasteiger charge is 2.31. The first-order valence-corrected chi connectivity index (χ1v) is 8.50. The van der Waals surface area contributed by atoms with Crippen molar-refractivity contribution in [2.24, 2.45) is 0 Å². The van der Waals surface area contributed by atoms with Crippen molar-refractivity contribution in [2.75, 3.05) is 6.54 Å². The van der Waals surface area contributed by atoms with Crippen molar-refractivity contribution < 1.29 is 18.0 Å². The SMILES string of the molecule is CCCNC(=O)/C=C/c1cc(C(F)(F)F)cc2ncn(-c3ccccc3)c12. The van der Waals surface area contributed by atoms with Gasteiger partial charge in [0.1, 0.15) is 6.33 Å². The quantitative estimate of drug-likeness (QED) is 0.665. The molecule has 2 aromatic carbocycles. The fourth-order valence-corrected chi connectivity index (χ4v) is 2.73. The van der Waals surface area contributed by atoms with E-state index in [9.17, 15) is 18.0 Å². The molecule has 1 N–H and O–H groups in total. The Kier molecular flexibility index (Phi) is 5.30. The smallest absolute Gasteiger partial charge is 0.353 e. The monoisotopic (exact) mass is 373 g/mol. The molecule has 27 heavy (non-hydrogen) atoms. The summed E-state index contributed by atoms with van der Waals surface area (Å²) in [6.07, 6.45) is 0.386. The van der Waals surface area contributed by atoms with Gasteiger partial charge in [-0.25, -0.2) is 4.98 Å². The number of aromatic nitrogens is 2. The van der Waals surface area contributed by atoms with Crippen LogP contribution in [0.15, 0.2) is 54.9 Å². The fourth-order valence-electron chi connectivity index (χ4n) is 2.73. The Balaban J connectivity index is 2.13. The molecule has 3 rings (SSSR count). The molecule has 0 unspecified atom stereocenters. The predicted octanol–water partition coefficient (Wildman–Crippen LogP) is 4.58. The minimum absolute atomic E-state index is 0.210. The highest BCUT2D eigenvalue weighted by atomic mass is 19.4. The zero-order chi connectivity index (χ0) is 19.4. The van der Waals surface area contributed by atoms with Crippen LogP contribution in [0.3, 0.4) is 0 Å². The Morgan fingerprint density at radius 1 is 1.22 bits per heavy atom. The fraction of sp³-hybridized carbons (Fsp3) is 0.200. The highest BCUT2D eigenvalue weighted by molar-refractivity contribution is 5.95. The van der Waals surface area contributed by atoms with Gasteiger partial charge in [0.15, 0.2) is 0 Å². The molecule has 0 fully saturated rings. The lowest BCUT2D eigenvalue weighted by molar-refractivity contribution is -0.137. The number of nitrogens with zero attached hydrogens (tertiary/aromatic N) is 2. The van der Waals surface area contributed by atoms with E-state index in [4.69, 9.17) is 0 Å². The first-order chi connectivity index (χ1) is 12.9. The number of imidazole rings is 1. The molecule has 7 heteroatoms. The molecule has 0 saturated carbocycles. The van der Waals surface area contributed by atoms with Gasteiger partial charge in [0, 0.05) is 23.9 Å². The van der Waals surface area contributed by atoms with E-state index >= 15 is 0 Å². The normalized spacial score (nSPS) is 12.0. The molecule has 0 aliphatic carbocycles. The Labute approximate surface area is 154 Å². The van der Waals surface area contributed by atoms with Gasteiger partial charge in [-0.3, -0.25) is 9.36 Å². The molecule has 140 valence electrons. The number of amides is 1. The predicted molar refractivity (Wildman–Crippen MR) is 98.4 cm³/mol. The average molecular weight is 373 g/mol. The summed E-state index contributed by atoms with van der Waals surface area (Å²) in [5, 5.41) is 2.67. The van der Waals surface area contributed by atoms with Gasteiger partial charge < -0.3 is 5.32 Å². The standard InChI is InChI=1S/C20H18F3N3O/c1-2-10-24-18(27)9-8-14-11-15(20(21,22)23)12-17-19(14)26(13-25-17)16-6-4-3-5-7-16/h3-9,11-13H,2,10H2,1H3,(H,24,27)/b9-8+. The molecule has 1 aromatic heterocycles. The van der Waals surface area contributed by atoms with E-state index in [0.29, 0.717) is 12.1 Å². The minimum Gasteiger partial charge on any atom is -0.353 e. The summed E-state index contributed by atoms with van der Waals surface area (Å²) in [6.45, 7) is 2.42. The van der Waals surface area contributed by atoms with E-state index in [1.165, 1.54) is 18.5 Å². The maximum atomic E-state index is 13.3. The summed E-state index contributed by atoms with van der Waals surface area (Å²) < 4.78 is 41.5. The van der Waals surface area contributed by atoms with Crippen LogP contribution in [0.2, 0.25) is 0 Å². The van der Waals surface area contributed by atoms with Gasteiger partial charge >= 0.3 is 6.18 Å². The van der Waals surface area contributed by atoms with E-state index < -0.39 is 11.7 Å². The van der Waals surface area contributed by atoms with Crippen LogP contribution in [0.25, 0.3) is 22.8 Å². The van der Waals surface area contributed by atoms with Crippen molar-refractivity contribution in [1.29, 1.82) is 0 Å². The number of carbonyl (C=O) groups is 1. The molecule has 4 nitrogen and oxygen atoms in total. The van der Waals surface area contributed by atoms with Gasteiger partial charge in [-0.15, -0.1) is 0 Å². The molecule has 0 aliphatic rings. The summed E-state index contributed by atoms with van der Waals surface area (Å²) in [6, 6.07) is 11.2. The largest absolute Gasteiger partial charge is 0.416 e. The molecule has 0 atom stereocenters. The summed E-state index contributed by atoms with van der Waals surface area (Å²) in [5.74, 6) is -0.354. The van der Waals surface area contributed by atoms with Crippen LogP contribution in [-0.4, -0.2) is 22.0 Å². The Hall–Kier alpha value is -3.09. The van der Waals surface area contributed by atoms with Gasteiger partial charge in [-0.1, -0.05) is 25.1 Å². The van der Waals surface area contributed by atoms with E-state index in [1.807, 2.05) is 37.3 Å². The number of carbonyl (C=O) groups excluding carboxylic acids is 1. The van der Waals surface area contributed by atoms with Crippen molar-refractivity contribution in [3.8, 4) is 5.69 Å². The first-order valence-electron chi connectivity index (χ1n) is 8.50. The second-order valence-electron chi connectivity index (χ2n) is 6.01. The number of hydrogen-bond acceptors (Lipinski definition) is 2. The van der Waals surface area contributed by atoms with Crippen LogP contribution in [0.1, 0.15) is 24.5 Å². The van der Waals surface area contributed by atoms with Crippen LogP contribution < -0.4 is 5.32 Å². The topological polar surface area (TPSA) is 46.9 Å². The Morgan fingerprint density at radius 3 is 2.63 bits per heavy atom. The van der Waals surface area contributed by atoms with Gasteiger partial charge in [0.25, 0.3) is 0 Å². The number of rotatable bonds is 5. The van der Waals surface area contributed by atoms with E-state index in [0.717, 1.165) is 24.2 Å². The molecular formula is C20H18F3N3O. The third-order valence-electron chi connectivity index (χ3n) is 4.00. The number of para-hydroxylation sites is 1. The Bertz CT molecular complexity index is 975. The summed E-state index contributed by atoms with van der Waals surface area (Å²) in [7, 11) is 0. The van der Waals surface area contributed by atoms with Crippen LogP contribution in [0, 0.1) is 0 Å². The zero-order valence-corrected chi connectivity index (χ0v) is 14.6. The van der Waals surface area contributed by atoms with Crippen LogP contribution >= 0.6 is 0 Å². The lowest BCUT2D eigenvalue weighted by Crippen LogP contribution is -2.21. The Morgan fingerprint density at radius 2 is 1.96 bits per heavy atom. The number of alkyl halides is 3. The van der Waals surface area contributed by atoms with Crippen molar-refractivity contribution in [2.45, 2.75) is 19.5 Å². The van der Waals surface area contributed by atoms with Crippen molar-refractivity contribution >= 4 is 23.0 Å². The van der Waals surface area contributed by atoms with Crippen LogP contribution in [-0.2, 0) is 11.0 Å². The van der Waals surface area contributed by atoms with Crippen molar-refractivity contribution in [1.82, 2.24) is 14.9 Å². The number of fused-ring (bicyclic) bond motifs is 1. The molecule has 0 bridgehead atoms. The van der Waals surface area contributed by atoms with Crippen LogP contribution in [0.4, 0.5) is 13.2 Å². The van der Waals surface area contributed by atoms with Gasteiger partial charge in [0.2, 0.25) is 5.91 Å². The van der Waals surface area contributed by atoms with E-state index in [-0.39, 0.29) is 17.0 Å². The van der Waals surface area contributed by atoms with Gasteiger partial charge in [0.05, 0.1) is 16.6 Å². The maximum Gasteiger partial charge on any atom is 0.416 e. The van der Waals surface area contributed by atoms with E-state index in [1.54, 1.807) is 4.57 Å². The second kappa shape index (κ2) is 7.65. The lowest BCUT2D eigenvalue weighted by atomic mass is 10.1. The molecular weight excluding hydrogens is 355 g/mol. The number of halogens is 3.